The van der Waals surface area contributed by atoms with Gasteiger partial charge in [-0.25, -0.2) is 4.79 Å². The number of hydrogen-bond donors (Lipinski definition) is 1. The highest BCUT2D eigenvalue weighted by Gasteiger charge is 2.18. The van der Waals surface area contributed by atoms with Crippen molar-refractivity contribution in [3.05, 3.63) is 0 Å². The van der Waals surface area contributed by atoms with E-state index in [-0.39, 0.29) is 6.10 Å². The van der Waals surface area contributed by atoms with E-state index in [9.17, 15) is 4.79 Å². The summed E-state index contributed by atoms with van der Waals surface area (Å²) in [6.45, 7) is 7.35. The van der Waals surface area contributed by atoms with Crippen LogP contribution >= 0.6 is 0 Å². The second-order valence-corrected chi connectivity index (χ2v) is 3.63. The van der Waals surface area contributed by atoms with Gasteiger partial charge in [-0.15, -0.1) is 0 Å². The average Bonchev–Trinajstić information content (AvgIpc) is 1.82. The smallest absolute Gasteiger partial charge is 0.430 e. The molecule has 2 N–H and O–H groups in total. The third-order valence-electron chi connectivity index (χ3n) is 1.02. The lowest BCUT2D eigenvalue weighted by atomic mass is 10.2. The van der Waals surface area contributed by atoms with E-state index in [2.05, 4.69) is 0 Å². The van der Waals surface area contributed by atoms with E-state index in [1.165, 1.54) is 0 Å². The Morgan fingerprint density at radius 2 is 2.00 bits per heavy atom. The molecule has 0 bridgehead atoms. The summed E-state index contributed by atoms with van der Waals surface area (Å²) in [6, 6.07) is 0. The van der Waals surface area contributed by atoms with Crippen molar-refractivity contribution in [3.63, 3.8) is 0 Å². The Kier molecular flexibility index (Phi) is 4.03. The first kappa shape index (κ1) is 11.2. The van der Waals surface area contributed by atoms with Gasteiger partial charge in [0.2, 0.25) is 0 Å². The maximum atomic E-state index is 10.9. The fourth-order valence-corrected chi connectivity index (χ4v) is 0.486. The minimum Gasteiger partial charge on any atom is -0.430 e. The molecule has 0 rings (SSSR count). The zero-order valence-corrected chi connectivity index (χ0v) is 8.09. The zero-order valence-electron chi connectivity index (χ0n) is 8.09. The number of hydrogen-bond acceptors (Lipinski definition) is 4. The topological polar surface area (TPSA) is 61.5 Å². The molecule has 0 spiro atoms. The van der Waals surface area contributed by atoms with Crippen LogP contribution in [0.5, 0.6) is 0 Å². The molecule has 12 heavy (non-hydrogen) atoms. The first-order valence-corrected chi connectivity index (χ1v) is 3.95. The molecule has 0 unspecified atom stereocenters. The van der Waals surface area contributed by atoms with Gasteiger partial charge in [-0.1, -0.05) is 0 Å². The van der Waals surface area contributed by atoms with Crippen LogP contribution in [0.1, 0.15) is 27.7 Å². The molecule has 0 heterocycles. The van der Waals surface area contributed by atoms with Gasteiger partial charge >= 0.3 is 6.16 Å². The van der Waals surface area contributed by atoms with Crippen molar-refractivity contribution in [2.75, 3.05) is 6.54 Å². The first-order chi connectivity index (χ1) is 5.35. The van der Waals surface area contributed by atoms with Crippen LogP contribution in [0.3, 0.4) is 0 Å². The largest absolute Gasteiger partial charge is 0.509 e. The third-order valence-corrected chi connectivity index (χ3v) is 1.02. The van der Waals surface area contributed by atoms with Crippen LogP contribution in [0.25, 0.3) is 0 Å². The molecule has 0 saturated carbocycles. The van der Waals surface area contributed by atoms with Crippen LogP contribution in [-0.4, -0.2) is 24.4 Å². The van der Waals surface area contributed by atoms with Crippen LogP contribution in [-0.2, 0) is 9.47 Å². The predicted octanol–water partition coefficient (Wildman–Crippen LogP) is 1.29. The van der Waals surface area contributed by atoms with Crippen LogP contribution in [0, 0.1) is 0 Å². The standard InChI is InChI=1S/C8H17NO3/c1-6(5-9)11-7(10)12-8(2,3)4/h6H,5,9H2,1-4H3/t6-/m0/s1. The Balaban J connectivity index is 3.75. The summed E-state index contributed by atoms with van der Waals surface area (Å²) in [4.78, 5) is 10.9. The molecule has 4 nitrogen and oxygen atoms in total. The molecule has 0 aliphatic rings. The van der Waals surface area contributed by atoms with Gasteiger partial charge in [-0.2, -0.15) is 0 Å². The summed E-state index contributed by atoms with van der Waals surface area (Å²) in [5, 5.41) is 0. The molecule has 4 heteroatoms. The summed E-state index contributed by atoms with van der Waals surface area (Å²) in [5.74, 6) is 0. The molecule has 0 aliphatic carbocycles. The Labute approximate surface area is 73.0 Å². The van der Waals surface area contributed by atoms with Gasteiger partial charge in [0.05, 0.1) is 0 Å². The molecule has 0 saturated heterocycles. The molecule has 0 aromatic carbocycles. The van der Waals surface area contributed by atoms with Crippen LogP contribution < -0.4 is 5.73 Å². The summed E-state index contributed by atoms with van der Waals surface area (Å²) < 4.78 is 9.68. The minimum absolute atomic E-state index is 0.292. The van der Waals surface area contributed by atoms with Gasteiger partial charge in [0.15, 0.2) is 0 Å². The zero-order chi connectivity index (χ0) is 9.78. The van der Waals surface area contributed by atoms with E-state index < -0.39 is 11.8 Å². The van der Waals surface area contributed by atoms with E-state index in [4.69, 9.17) is 15.2 Å². The van der Waals surface area contributed by atoms with Crippen molar-refractivity contribution < 1.29 is 14.3 Å². The lowest BCUT2D eigenvalue weighted by Gasteiger charge is -2.20. The van der Waals surface area contributed by atoms with Gasteiger partial charge in [-0.3, -0.25) is 0 Å². The van der Waals surface area contributed by atoms with Crippen molar-refractivity contribution in [2.24, 2.45) is 5.73 Å². The number of ether oxygens (including phenoxy) is 2. The fraction of sp³-hybridized carbons (Fsp3) is 0.875. The van der Waals surface area contributed by atoms with Gasteiger partial charge in [0, 0.05) is 6.54 Å². The Morgan fingerprint density at radius 1 is 1.50 bits per heavy atom. The Hall–Kier alpha value is -0.770. The fourth-order valence-electron chi connectivity index (χ4n) is 0.486. The van der Waals surface area contributed by atoms with Gasteiger partial charge in [0.1, 0.15) is 11.7 Å². The third kappa shape index (κ3) is 5.97. The molecule has 0 aliphatic heterocycles. The molecule has 0 fully saturated rings. The lowest BCUT2D eigenvalue weighted by Crippen LogP contribution is -2.29. The number of nitrogens with two attached hydrogens (primary N) is 1. The summed E-state index contributed by atoms with van der Waals surface area (Å²) >= 11 is 0. The monoisotopic (exact) mass is 175 g/mol. The minimum atomic E-state index is -0.666. The summed E-state index contributed by atoms with van der Waals surface area (Å²) in [7, 11) is 0. The van der Waals surface area contributed by atoms with Crippen LogP contribution in [0.15, 0.2) is 0 Å². The predicted molar refractivity (Wildman–Crippen MR) is 45.8 cm³/mol. The highest BCUT2D eigenvalue weighted by atomic mass is 16.7. The van der Waals surface area contributed by atoms with E-state index in [0.29, 0.717) is 6.54 Å². The summed E-state index contributed by atoms with van der Waals surface area (Å²) in [6.07, 6.45) is -0.958. The lowest BCUT2D eigenvalue weighted by molar-refractivity contribution is -0.0215. The molecule has 0 aromatic rings. The molecule has 72 valence electrons. The summed E-state index contributed by atoms with van der Waals surface area (Å²) in [5.41, 5.74) is 4.74. The van der Waals surface area contributed by atoms with Crippen LogP contribution in [0.2, 0.25) is 0 Å². The molecule has 0 aromatic heterocycles. The molecule has 0 radical (unpaired) electrons. The van der Waals surface area contributed by atoms with Crippen molar-refractivity contribution in [3.8, 4) is 0 Å². The number of carbonyl (C=O) groups is 1. The molecule has 0 amide bonds. The molecule has 1 atom stereocenters. The van der Waals surface area contributed by atoms with Crippen molar-refractivity contribution in [2.45, 2.75) is 39.4 Å². The van der Waals surface area contributed by atoms with Crippen molar-refractivity contribution in [1.29, 1.82) is 0 Å². The first-order valence-electron chi connectivity index (χ1n) is 3.95. The Morgan fingerprint density at radius 3 is 2.33 bits per heavy atom. The van der Waals surface area contributed by atoms with E-state index >= 15 is 0 Å². The van der Waals surface area contributed by atoms with Gasteiger partial charge in [-0.05, 0) is 27.7 Å². The van der Waals surface area contributed by atoms with E-state index in [1.54, 1.807) is 27.7 Å². The second kappa shape index (κ2) is 4.30. The normalized spacial score (nSPS) is 13.8. The SMILES string of the molecule is C[C@@H](CN)OC(=O)OC(C)(C)C. The number of carbonyl (C=O) groups excluding carboxylic acids is 1. The van der Waals surface area contributed by atoms with Crippen LogP contribution in [0.4, 0.5) is 4.79 Å². The maximum absolute atomic E-state index is 10.9. The average molecular weight is 175 g/mol. The van der Waals surface area contributed by atoms with Gasteiger partial charge in [0.25, 0.3) is 0 Å². The highest BCUT2D eigenvalue weighted by molar-refractivity contribution is 5.60. The van der Waals surface area contributed by atoms with Crippen molar-refractivity contribution in [1.82, 2.24) is 0 Å². The Bertz CT molecular complexity index is 151. The van der Waals surface area contributed by atoms with E-state index in [0.717, 1.165) is 0 Å². The quantitative estimate of drug-likeness (QED) is 0.642. The highest BCUT2D eigenvalue weighted by Crippen LogP contribution is 2.08. The second-order valence-electron chi connectivity index (χ2n) is 3.63. The molecular weight excluding hydrogens is 158 g/mol. The molecular formula is C8H17NO3. The van der Waals surface area contributed by atoms with E-state index in [1.807, 2.05) is 0 Å². The number of rotatable bonds is 2. The van der Waals surface area contributed by atoms with Gasteiger partial charge < -0.3 is 15.2 Å². The van der Waals surface area contributed by atoms with Crippen molar-refractivity contribution >= 4 is 6.16 Å². The maximum Gasteiger partial charge on any atom is 0.509 e.